The van der Waals surface area contributed by atoms with Crippen LogP contribution in [0.25, 0.3) is 0 Å². The van der Waals surface area contributed by atoms with Crippen LogP contribution >= 0.6 is 12.2 Å². The molecule has 3 nitrogen and oxygen atoms in total. The van der Waals surface area contributed by atoms with E-state index in [1.54, 1.807) is 6.92 Å². The standard InChI is InChI=1S/C12H14F2N2OS/c1-7(6-10(15)18)16(2)12(17)8-4-3-5-9(13)11(8)14/h3-5,7H,6H2,1-2H3,(H2,15,18). The number of amides is 1. The molecule has 0 heterocycles. The maximum Gasteiger partial charge on any atom is 0.256 e. The van der Waals surface area contributed by atoms with Crippen molar-refractivity contribution < 1.29 is 13.6 Å². The Balaban J connectivity index is 2.93. The highest BCUT2D eigenvalue weighted by molar-refractivity contribution is 7.80. The van der Waals surface area contributed by atoms with Crippen LogP contribution in [0.15, 0.2) is 18.2 Å². The van der Waals surface area contributed by atoms with E-state index in [-0.39, 0.29) is 16.6 Å². The van der Waals surface area contributed by atoms with Gasteiger partial charge in [-0.3, -0.25) is 4.79 Å². The molecular weight excluding hydrogens is 258 g/mol. The fraction of sp³-hybridized carbons (Fsp3) is 0.333. The number of nitrogens with zero attached hydrogens (tertiary/aromatic N) is 1. The molecule has 1 unspecified atom stereocenters. The fourth-order valence-corrected chi connectivity index (χ4v) is 1.73. The predicted molar refractivity (Wildman–Crippen MR) is 69.3 cm³/mol. The number of carbonyl (C=O) groups is 1. The number of thiocarbonyl (C=S) groups is 1. The maximum atomic E-state index is 13.5. The summed E-state index contributed by atoms with van der Waals surface area (Å²) in [5, 5.41) is 0. The van der Waals surface area contributed by atoms with E-state index in [9.17, 15) is 13.6 Å². The predicted octanol–water partition coefficient (Wildman–Crippen LogP) is 2.10. The molecule has 0 aliphatic rings. The summed E-state index contributed by atoms with van der Waals surface area (Å²) in [6.45, 7) is 1.73. The van der Waals surface area contributed by atoms with Crippen molar-refractivity contribution in [3.63, 3.8) is 0 Å². The largest absolute Gasteiger partial charge is 0.393 e. The molecule has 0 aromatic heterocycles. The molecule has 98 valence electrons. The van der Waals surface area contributed by atoms with Gasteiger partial charge in [0.2, 0.25) is 0 Å². The highest BCUT2D eigenvalue weighted by Gasteiger charge is 2.22. The molecule has 1 amide bonds. The average Bonchev–Trinajstić information content (AvgIpc) is 2.30. The Kier molecular flexibility index (Phi) is 4.72. The van der Waals surface area contributed by atoms with Crippen LogP contribution in [0.3, 0.4) is 0 Å². The fourth-order valence-electron chi connectivity index (χ4n) is 1.49. The Morgan fingerprint density at radius 1 is 1.50 bits per heavy atom. The average molecular weight is 272 g/mol. The molecule has 0 fully saturated rings. The van der Waals surface area contributed by atoms with Crippen molar-refractivity contribution in [2.75, 3.05) is 7.05 Å². The van der Waals surface area contributed by atoms with Crippen molar-refractivity contribution in [1.82, 2.24) is 4.90 Å². The molecule has 0 radical (unpaired) electrons. The molecule has 6 heteroatoms. The number of nitrogens with two attached hydrogens (primary N) is 1. The normalized spacial score (nSPS) is 12.0. The van der Waals surface area contributed by atoms with Crippen LogP contribution in [0.1, 0.15) is 23.7 Å². The number of hydrogen-bond acceptors (Lipinski definition) is 2. The molecule has 0 aliphatic heterocycles. The van der Waals surface area contributed by atoms with Crippen LogP contribution < -0.4 is 5.73 Å². The second kappa shape index (κ2) is 5.86. The van der Waals surface area contributed by atoms with Gasteiger partial charge in [-0.05, 0) is 19.1 Å². The zero-order valence-corrected chi connectivity index (χ0v) is 10.9. The first-order valence-corrected chi connectivity index (χ1v) is 5.75. The summed E-state index contributed by atoms with van der Waals surface area (Å²) in [5.74, 6) is -2.79. The minimum Gasteiger partial charge on any atom is -0.393 e. The smallest absolute Gasteiger partial charge is 0.256 e. The summed E-state index contributed by atoms with van der Waals surface area (Å²) in [6.07, 6.45) is 0.328. The minimum atomic E-state index is -1.14. The van der Waals surface area contributed by atoms with Gasteiger partial charge in [0.15, 0.2) is 11.6 Å². The van der Waals surface area contributed by atoms with E-state index < -0.39 is 17.5 Å². The number of carbonyl (C=O) groups excluding carboxylic acids is 1. The van der Waals surface area contributed by atoms with E-state index in [2.05, 4.69) is 0 Å². The second-order valence-corrected chi connectivity index (χ2v) is 4.56. The Morgan fingerprint density at radius 3 is 2.67 bits per heavy atom. The monoisotopic (exact) mass is 272 g/mol. The molecule has 1 aromatic rings. The quantitative estimate of drug-likeness (QED) is 0.854. The van der Waals surface area contributed by atoms with Gasteiger partial charge in [0.25, 0.3) is 5.91 Å². The molecule has 0 spiro atoms. The van der Waals surface area contributed by atoms with Gasteiger partial charge in [0, 0.05) is 19.5 Å². The third kappa shape index (κ3) is 3.22. The zero-order valence-electron chi connectivity index (χ0n) is 10.1. The molecule has 0 saturated carbocycles. The first-order chi connectivity index (χ1) is 8.34. The lowest BCUT2D eigenvalue weighted by atomic mass is 10.1. The molecular formula is C12H14F2N2OS. The zero-order chi connectivity index (χ0) is 13.9. The van der Waals surface area contributed by atoms with Crippen LogP contribution in [-0.4, -0.2) is 28.9 Å². The van der Waals surface area contributed by atoms with Gasteiger partial charge in [-0.15, -0.1) is 0 Å². The number of benzene rings is 1. The van der Waals surface area contributed by atoms with E-state index in [0.717, 1.165) is 6.07 Å². The van der Waals surface area contributed by atoms with Crippen molar-refractivity contribution in [3.05, 3.63) is 35.4 Å². The van der Waals surface area contributed by atoms with Gasteiger partial charge >= 0.3 is 0 Å². The van der Waals surface area contributed by atoms with E-state index in [0.29, 0.717) is 6.42 Å². The third-order valence-corrected chi connectivity index (χ3v) is 2.83. The number of halogens is 2. The van der Waals surface area contributed by atoms with Gasteiger partial charge in [-0.25, -0.2) is 8.78 Å². The Bertz CT molecular complexity index is 479. The van der Waals surface area contributed by atoms with Crippen molar-refractivity contribution in [2.45, 2.75) is 19.4 Å². The van der Waals surface area contributed by atoms with Crippen molar-refractivity contribution in [1.29, 1.82) is 0 Å². The van der Waals surface area contributed by atoms with Gasteiger partial charge in [-0.2, -0.15) is 0 Å². The van der Waals surface area contributed by atoms with Gasteiger partial charge in [-0.1, -0.05) is 18.3 Å². The van der Waals surface area contributed by atoms with Crippen LogP contribution in [-0.2, 0) is 0 Å². The van der Waals surface area contributed by atoms with Crippen LogP contribution in [0, 0.1) is 11.6 Å². The topological polar surface area (TPSA) is 46.3 Å². The van der Waals surface area contributed by atoms with Crippen LogP contribution in [0.2, 0.25) is 0 Å². The molecule has 1 rings (SSSR count). The SMILES string of the molecule is CC(CC(N)=S)N(C)C(=O)c1cccc(F)c1F. The van der Waals surface area contributed by atoms with Gasteiger partial charge < -0.3 is 10.6 Å². The summed E-state index contributed by atoms with van der Waals surface area (Å²) >= 11 is 4.75. The second-order valence-electron chi connectivity index (χ2n) is 4.04. The van der Waals surface area contributed by atoms with E-state index >= 15 is 0 Å². The molecule has 0 bridgehead atoms. The Labute approximate surface area is 110 Å². The Morgan fingerprint density at radius 2 is 2.11 bits per heavy atom. The lowest BCUT2D eigenvalue weighted by molar-refractivity contribution is 0.0742. The molecule has 1 aromatic carbocycles. The van der Waals surface area contributed by atoms with Crippen molar-refractivity contribution in [3.8, 4) is 0 Å². The summed E-state index contributed by atoms with van der Waals surface area (Å²) in [7, 11) is 1.50. The van der Waals surface area contributed by atoms with E-state index in [1.165, 1.54) is 24.1 Å². The summed E-state index contributed by atoms with van der Waals surface area (Å²) in [5.41, 5.74) is 5.08. The summed E-state index contributed by atoms with van der Waals surface area (Å²) in [4.78, 5) is 13.5. The van der Waals surface area contributed by atoms with Gasteiger partial charge in [0.1, 0.15) is 0 Å². The van der Waals surface area contributed by atoms with Crippen molar-refractivity contribution in [2.24, 2.45) is 5.73 Å². The van der Waals surface area contributed by atoms with Crippen LogP contribution in [0.4, 0.5) is 8.78 Å². The van der Waals surface area contributed by atoms with E-state index in [1.807, 2.05) is 0 Å². The minimum absolute atomic E-state index is 0.266. The molecule has 18 heavy (non-hydrogen) atoms. The number of rotatable bonds is 4. The van der Waals surface area contributed by atoms with Gasteiger partial charge in [0.05, 0.1) is 10.6 Å². The lowest BCUT2D eigenvalue weighted by Crippen LogP contribution is -2.37. The third-order valence-electron chi connectivity index (χ3n) is 2.66. The lowest BCUT2D eigenvalue weighted by Gasteiger charge is -2.24. The number of hydrogen-bond donors (Lipinski definition) is 1. The highest BCUT2D eigenvalue weighted by atomic mass is 32.1. The first-order valence-electron chi connectivity index (χ1n) is 5.34. The van der Waals surface area contributed by atoms with Crippen molar-refractivity contribution >= 4 is 23.1 Å². The molecule has 2 N–H and O–H groups in total. The Hall–Kier alpha value is -1.56. The molecule has 0 saturated heterocycles. The summed E-state index contributed by atoms with van der Waals surface area (Å²) < 4.78 is 26.5. The molecule has 1 atom stereocenters. The molecule has 0 aliphatic carbocycles. The maximum absolute atomic E-state index is 13.5. The highest BCUT2D eigenvalue weighted by Crippen LogP contribution is 2.15. The van der Waals surface area contributed by atoms with Crippen LogP contribution in [0.5, 0.6) is 0 Å². The van der Waals surface area contributed by atoms with E-state index in [4.69, 9.17) is 18.0 Å². The summed E-state index contributed by atoms with van der Waals surface area (Å²) in [6, 6.07) is 3.21. The first kappa shape index (κ1) is 14.5.